The van der Waals surface area contributed by atoms with Gasteiger partial charge in [0, 0.05) is 12.3 Å². The van der Waals surface area contributed by atoms with Crippen LogP contribution in [0, 0.1) is 0 Å². The Morgan fingerprint density at radius 2 is 1.50 bits per heavy atom. The molecule has 1 aliphatic rings. The molecule has 2 heterocycles. The Morgan fingerprint density at radius 1 is 0.853 bits per heavy atom. The van der Waals surface area contributed by atoms with E-state index in [0.717, 1.165) is 0 Å². The Bertz CT molecular complexity index is 1430. The van der Waals surface area contributed by atoms with Crippen LogP contribution < -0.4 is 10.3 Å². The van der Waals surface area contributed by atoms with E-state index in [-0.39, 0.29) is 23.9 Å². The SMILES string of the molecule is CCOc1ccc(-n2c(SCCN3C(=O)c4ccccc4C3=O)nc3ccccc3c2=O)cc1. The number of aromatic nitrogens is 2. The van der Waals surface area contributed by atoms with Gasteiger partial charge in [0.15, 0.2) is 5.16 Å². The van der Waals surface area contributed by atoms with Gasteiger partial charge in [0.1, 0.15) is 5.75 Å². The maximum absolute atomic E-state index is 13.4. The molecule has 8 heteroatoms. The number of amides is 2. The van der Waals surface area contributed by atoms with Crippen molar-refractivity contribution in [1.29, 1.82) is 0 Å². The smallest absolute Gasteiger partial charge is 0.266 e. The molecule has 34 heavy (non-hydrogen) atoms. The van der Waals surface area contributed by atoms with Gasteiger partial charge in [-0.1, -0.05) is 36.0 Å². The van der Waals surface area contributed by atoms with E-state index in [0.29, 0.717) is 51.0 Å². The van der Waals surface area contributed by atoms with E-state index in [9.17, 15) is 14.4 Å². The third-order valence-corrected chi connectivity index (χ3v) is 6.49. The first-order valence-electron chi connectivity index (χ1n) is 10.9. The number of imide groups is 1. The van der Waals surface area contributed by atoms with Crippen LogP contribution in [0.1, 0.15) is 27.6 Å². The Labute approximate surface area is 200 Å². The molecule has 7 nitrogen and oxygen atoms in total. The molecule has 0 saturated heterocycles. The molecule has 0 saturated carbocycles. The van der Waals surface area contributed by atoms with Crippen LogP contribution in [0.2, 0.25) is 0 Å². The van der Waals surface area contributed by atoms with Crippen LogP contribution in [0.4, 0.5) is 0 Å². The van der Waals surface area contributed by atoms with E-state index in [1.807, 2.05) is 43.3 Å². The number of carbonyl (C=O) groups excluding carboxylic acids is 2. The van der Waals surface area contributed by atoms with E-state index < -0.39 is 0 Å². The number of nitrogens with zero attached hydrogens (tertiary/aromatic N) is 3. The number of hydrogen-bond donors (Lipinski definition) is 0. The van der Waals surface area contributed by atoms with Gasteiger partial charge in [-0.25, -0.2) is 4.98 Å². The van der Waals surface area contributed by atoms with Gasteiger partial charge in [-0.2, -0.15) is 0 Å². The minimum absolute atomic E-state index is 0.182. The third kappa shape index (κ3) is 3.86. The van der Waals surface area contributed by atoms with Crippen molar-refractivity contribution in [2.75, 3.05) is 18.9 Å². The number of rotatable bonds is 7. The van der Waals surface area contributed by atoms with Gasteiger partial charge in [-0.3, -0.25) is 23.9 Å². The highest BCUT2D eigenvalue weighted by Gasteiger charge is 2.34. The lowest BCUT2D eigenvalue weighted by Gasteiger charge is -2.16. The van der Waals surface area contributed by atoms with Crippen LogP contribution in [0.3, 0.4) is 0 Å². The molecule has 170 valence electrons. The van der Waals surface area contributed by atoms with E-state index in [1.165, 1.54) is 16.7 Å². The predicted molar refractivity (Wildman–Crippen MR) is 131 cm³/mol. The summed E-state index contributed by atoms with van der Waals surface area (Å²) in [5.41, 5.74) is 1.92. The van der Waals surface area contributed by atoms with Crippen molar-refractivity contribution in [3.63, 3.8) is 0 Å². The first kappa shape index (κ1) is 21.9. The molecule has 0 fully saturated rings. The highest BCUT2D eigenvalue weighted by atomic mass is 32.2. The second kappa shape index (κ2) is 9.15. The van der Waals surface area contributed by atoms with Crippen molar-refractivity contribution in [1.82, 2.24) is 14.5 Å². The Hall–Kier alpha value is -3.91. The van der Waals surface area contributed by atoms with Crippen molar-refractivity contribution >= 4 is 34.5 Å². The molecular formula is C26H21N3O4S. The molecule has 0 bridgehead atoms. The molecule has 0 atom stereocenters. The summed E-state index contributed by atoms with van der Waals surface area (Å²) >= 11 is 1.33. The molecule has 4 aromatic rings. The zero-order chi connectivity index (χ0) is 23.7. The summed E-state index contributed by atoms with van der Waals surface area (Å²) in [6, 6.07) is 21.3. The minimum atomic E-state index is -0.295. The summed E-state index contributed by atoms with van der Waals surface area (Å²) in [4.78, 5) is 44.7. The number of benzene rings is 3. The van der Waals surface area contributed by atoms with E-state index in [2.05, 4.69) is 0 Å². The van der Waals surface area contributed by atoms with E-state index in [4.69, 9.17) is 9.72 Å². The van der Waals surface area contributed by atoms with Gasteiger partial charge in [-0.15, -0.1) is 0 Å². The molecule has 0 spiro atoms. The fourth-order valence-electron chi connectivity index (χ4n) is 3.97. The molecule has 0 aliphatic carbocycles. The summed E-state index contributed by atoms with van der Waals surface area (Å²) in [5.74, 6) is 0.522. The minimum Gasteiger partial charge on any atom is -0.494 e. The van der Waals surface area contributed by atoms with Crippen molar-refractivity contribution in [2.45, 2.75) is 12.1 Å². The van der Waals surface area contributed by atoms with Crippen LogP contribution in [0.15, 0.2) is 82.7 Å². The van der Waals surface area contributed by atoms with Crippen LogP contribution in [-0.4, -0.2) is 45.2 Å². The molecule has 1 aromatic heterocycles. The lowest BCUT2D eigenvalue weighted by atomic mass is 10.1. The number of para-hydroxylation sites is 1. The van der Waals surface area contributed by atoms with E-state index in [1.54, 1.807) is 41.0 Å². The Balaban J connectivity index is 1.45. The van der Waals surface area contributed by atoms with Gasteiger partial charge in [0.05, 0.1) is 34.3 Å². The van der Waals surface area contributed by atoms with Crippen molar-refractivity contribution in [2.24, 2.45) is 0 Å². The fourth-order valence-corrected chi connectivity index (χ4v) is 4.90. The third-order valence-electron chi connectivity index (χ3n) is 5.58. The van der Waals surface area contributed by atoms with Crippen LogP contribution in [-0.2, 0) is 0 Å². The highest BCUT2D eigenvalue weighted by molar-refractivity contribution is 7.99. The second-order valence-corrected chi connectivity index (χ2v) is 8.70. The number of ether oxygens (including phenoxy) is 1. The maximum Gasteiger partial charge on any atom is 0.266 e. The van der Waals surface area contributed by atoms with Gasteiger partial charge < -0.3 is 4.74 Å². The average molecular weight is 472 g/mol. The molecule has 0 unspecified atom stereocenters. The summed E-state index contributed by atoms with van der Waals surface area (Å²) < 4.78 is 7.08. The fraction of sp³-hybridized carbons (Fsp3) is 0.154. The molecule has 1 aliphatic heterocycles. The number of carbonyl (C=O) groups is 2. The van der Waals surface area contributed by atoms with Crippen molar-refractivity contribution < 1.29 is 14.3 Å². The quantitative estimate of drug-likeness (QED) is 0.229. The molecule has 0 N–H and O–H groups in total. The predicted octanol–water partition coefficient (Wildman–Crippen LogP) is 4.17. The summed E-state index contributed by atoms with van der Waals surface area (Å²) in [6.45, 7) is 2.67. The standard InChI is InChI=1S/C26H21N3O4S/c1-2-33-18-13-11-17(12-14-18)29-25(32)21-9-5-6-10-22(21)27-26(29)34-16-15-28-23(30)19-7-3-4-8-20(19)24(28)31/h3-14H,2,15-16H2,1H3. The number of fused-ring (bicyclic) bond motifs is 2. The zero-order valence-electron chi connectivity index (χ0n) is 18.4. The first-order chi connectivity index (χ1) is 16.6. The van der Waals surface area contributed by atoms with Crippen LogP contribution in [0.5, 0.6) is 5.75 Å². The van der Waals surface area contributed by atoms with Crippen molar-refractivity contribution in [3.05, 3.63) is 94.3 Å². The van der Waals surface area contributed by atoms with E-state index >= 15 is 0 Å². The maximum atomic E-state index is 13.4. The summed E-state index contributed by atoms with van der Waals surface area (Å²) in [7, 11) is 0. The topological polar surface area (TPSA) is 81.5 Å². The van der Waals surface area contributed by atoms with Gasteiger partial charge in [0.25, 0.3) is 17.4 Å². The lowest BCUT2D eigenvalue weighted by Crippen LogP contribution is -2.32. The molecular weight excluding hydrogens is 450 g/mol. The highest BCUT2D eigenvalue weighted by Crippen LogP contribution is 2.26. The second-order valence-electron chi connectivity index (χ2n) is 7.63. The number of hydrogen-bond acceptors (Lipinski definition) is 6. The van der Waals surface area contributed by atoms with Gasteiger partial charge in [0.2, 0.25) is 0 Å². The Morgan fingerprint density at radius 3 is 2.18 bits per heavy atom. The molecule has 5 rings (SSSR count). The molecule has 2 amide bonds. The largest absolute Gasteiger partial charge is 0.494 e. The first-order valence-corrected chi connectivity index (χ1v) is 11.9. The van der Waals surface area contributed by atoms with Crippen molar-refractivity contribution in [3.8, 4) is 11.4 Å². The number of thioether (sulfide) groups is 1. The van der Waals surface area contributed by atoms with Gasteiger partial charge >= 0.3 is 0 Å². The normalized spacial score (nSPS) is 12.9. The Kier molecular flexibility index (Phi) is 5.90. The summed E-state index contributed by atoms with van der Waals surface area (Å²) in [5, 5.41) is 1.01. The molecule has 3 aromatic carbocycles. The van der Waals surface area contributed by atoms with Crippen LogP contribution in [0.25, 0.3) is 16.6 Å². The lowest BCUT2D eigenvalue weighted by molar-refractivity contribution is 0.0664. The molecule has 0 radical (unpaired) electrons. The zero-order valence-corrected chi connectivity index (χ0v) is 19.2. The average Bonchev–Trinajstić information content (AvgIpc) is 3.10. The monoisotopic (exact) mass is 471 g/mol. The van der Waals surface area contributed by atoms with Gasteiger partial charge in [-0.05, 0) is 55.5 Å². The summed E-state index contributed by atoms with van der Waals surface area (Å²) in [6.07, 6.45) is 0. The van der Waals surface area contributed by atoms with Crippen LogP contribution >= 0.6 is 11.8 Å².